The number of nitrogens with one attached hydrogen (secondary N) is 1. The van der Waals surface area contributed by atoms with Gasteiger partial charge in [-0.25, -0.2) is 0 Å². The van der Waals surface area contributed by atoms with E-state index >= 15 is 0 Å². The number of hydrogen-bond donors (Lipinski definition) is 1. The molecule has 1 N–H and O–H groups in total. The van der Waals surface area contributed by atoms with Gasteiger partial charge < -0.3 is 5.32 Å². The van der Waals surface area contributed by atoms with Crippen LogP contribution in [0, 0.1) is 30.6 Å². The molecule has 1 aromatic rings. The Morgan fingerprint density at radius 2 is 1.92 bits per heavy atom. The molecule has 1 aliphatic carbocycles. The smallest absolute Gasteiger partial charge is 0.235 e. The van der Waals surface area contributed by atoms with Gasteiger partial charge in [0.05, 0.1) is 5.41 Å². The van der Waals surface area contributed by atoms with Crippen molar-refractivity contribution in [2.24, 2.45) is 16.7 Å². The van der Waals surface area contributed by atoms with E-state index in [1.807, 2.05) is 52.8 Å². The monoisotopic (exact) mass is 356 g/mol. The number of carbonyl (C=O) groups is 3. The predicted molar refractivity (Wildman–Crippen MR) is 100 cm³/mol. The lowest BCUT2D eigenvalue weighted by Crippen LogP contribution is -2.59. The largest absolute Gasteiger partial charge is 0.326 e. The van der Waals surface area contributed by atoms with Gasteiger partial charge in [-0.3, -0.25) is 19.3 Å². The van der Waals surface area contributed by atoms with Crippen LogP contribution in [0.4, 0.5) is 5.69 Å². The lowest BCUT2D eigenvalue weighted by atomic mass is 9.62. The summed E-state index contributed by atoms with van der Waals surface area (Å²) in [6.07, 6.45) is 1.61. The van der Waals surface area contributed by atoms with Gasteiger partial charge in [0.1, 0.15) is 0 Å². The fourth-order valence-electron chi connectivity index (χ4n) is 4.49. The maximum atomic E-state index is 13.0. The van der Waals surface area contributed by atoms with Crippen LogP contribution < -0.4 is 5.32 Å². The second kappa shape index (κ2) is 6.22. The first-order valence-corrected chi connectivity index (χ1v) is 9.31. The summed E-state index contributed by atoms with van der Waals surface area (Å²) in [6.45, 7) is 10.1. The number of nitrogens with zero attached hydrogens (tertiary/aromatic N) is 1. The van der Waals surface area contributed by atoms with Crippen molar-refractivity contribution in [1.82, 2.24) is 4.90 Å². The normalized spacial score (nSPS) is 27.0. The summed E-state index contributed by atoms with van der Waals surface area (Å²) < 4.78 is 0. The van der Waals surface area contributed by atoms with Gasteiger partial charge in [0.2, 0.25) is 17.7 Å². The van der Waals surface area contributed by atoms with Crippen LogP contribution >= 0.6 is 0 Å². The number of aryl methyl sites for hydroxylation is 2. The lowest BCUT2D eigenvalue weighted by molar-refractivity contribution is -0.167. The Labute approximate surface area is 155 Å². The zero-order chi connectivity index (χ0) is 19.3. The SMILES string of the molecule is Cc1ccc(NC(=O)CCN2C(=O)C3CCC(C)(C2=O)C3(C)C)c(C)c1. The number of fused-ring (bicyclic) bond motifs is 2. The third-order valence-electron chi connectivity index (χ3n) is 6.73. The number of anilines is 1. The van der Waals surface area contributed by atoms with Crippen LogP contribution in [0.3, 0.4) is 0 Å². The Bertz CT molecular complexity index is 783. The molecule has 1 aromatic carbocycles. The molecule has 5 nitrogen and oxygen atoms in total. The van der Waals surface area contributed by atoms with E-state index in [-0.39, 0.29) is 42.0 Å². The number of carbonyl (C=O) groups excluding carboxylic acids is 3. The number of likely N-dealkylation sites (tertiary alicyclic amines) is 1. The predicted octanol–water partition coefficient (Wildman–Crippen LogP) is 3.44. The quantitative estimate of drug-likeness (QED) is 0.841. The van der Waals surface area contributed by atoms with Crippen LogP contribution in [0.2, 0.25) is 0 Å². The molecule has 140 valence electrons. The summed E-state index contributed by atoms with van der Waals surface area (Å²) in [4.78, 5) is 39.4. The topological polar surface area (TPSA) is 66.5 Å². The molecular weight excluding hydrogens is 328 g/mol. The summed E-state index contributed by atoms with van der Waals surface area (Å²) in [5.41, 5.74) is 2.06. The average molecular weight is 356 g/mol. The molecule has 2 aliphatic rings. The lowest BCUT2D eigenvalue weighted by Gasteiger charge is -2.47. The van der Waals surface area contributed by atoms with E-state index in [4.69, 9.17) is 0 Å². The van der Waals surface area contributed by atoms with Crippen molar-refractivity contribution in [1.29, 1.82) is 0 Å². The van der Waals surface area contributed by atoms with Gasteiger partial charge in [-0.1, -0.05) is 38.5 Å². The zero-order valence-electron chi connectivity index (χ0n) is 16.3. The molecule has 2 unspecified atom stereocenters. The third-order valence-corrected chi connectivity index (χ3v) is 6.73. The van der Waals surface area contributed by atoms with Gasteiger partial charge in [-0.05, 0) is 43.7 Å². The summed E-state index contributed by atoms with van der Waals surface area (Å²) in [5, 5.41) is 2.88. The number of benzene rings is 1. The second-order valence-electron chi connectivity index (χ2n) is 8.56. The molecule has 0 spiro atoms. The highest BCUT2D eigenvalue weighted by molar-refractivity contribution is 6.04. The highest BCUT2D eigenvalue weighted by Gasteiger charge is 2.64. The summed E-state index contributed by atoms with van der Waals surface area (Å²) in [6, 6.07) is 5.83. The summed E-state index contributed by atoms with van der Waals surface area (Å²) in [7, 11) is 0. The molecular formula is C21H28N2O3. The van der Waals surface area contributed by atoms with Crippen LogP contribution in [0.5, 0.6) is 0 Å². The Hall–Kier alpha value is -2.17. The number of piperidine rings is 1. The van der Waals surface area contributed by atoms with Gasteiger partial charge in [-0.15, -0.1) is 0 Å². The van der Waals surface area contributed by atoms with Gasteiger partial charge in [0.25, 0.3) is 0 Å². The van der Waals surface area contributed by atoms with E-state index in [0.717, 1.165) is 29.7 Å². The summed E-state index contributed by atoms with van der Waals surface area (Å²) in [5.74, 6) is -0.553. The van der Waals surface area contributed by atoms with Crippen molar-refractivity contribution in [3.8, 4) is 0 Å². The molecule has 3 amide bonds. The first-order valence-electron chi connectivity index (χ1n) is 9.31. The minimum Gasteiger partial charge on any atom is -0.326 e. The minimum absolute atomic E-state index is 0.116. The average Bonchev–Trinajstić information content (AvgIpc) is 2.74. The minimum atomic E-state index is -0.518. The zero-order valence-corrected chi connectivity index (χ0v) is 16.3. The van der Waals surface area contributed by atoms with E-state index in [0.29, 0.717) is 0 Å². The molecule has 1 saturated carbocycles. The fourth-order valence-corrected chi connectivity index (χ4v) is 4.49. The van der Waals surface area contributed by atoms with Gasteiger partial charge >= 0.3 is 0 Å². The standard InChI is InChI=1S/C21H28N2O3/c1-13-6-7-16(14(2)12-13)22-17(24)9-11-23-18(25)15-8-10-21(5,19(23)26)20(15,3)4/h6-7,12,15H,8-11H2,1-5H3,(H,22,24). The van der Waals surface area contributed by atoms with E-state index in [9.17, 15) is 14.4 Å². The molecule has 1 heterocycles. The Kier molecular flexibility index (Phi) is 4.45. The molecule has 0 aromatic heterocycles. The van der Waals surface area contributed by atoms with Crippen molar-refractivity contribution in [2.45, 2.75) is 53.9 Å². The number of rotatable bonds is 4. The molecule has 1 aliphatic heterocycles. The molecule has 2 atom stereocenters. The molecule has 26 heavy (non-hydrogen) atoms. The number of hydrogen-bond acceptors (Lipinski definition) is 3. The number of imide groups is 1. The van der Waals surface area contributed by atoms with Crippen molar-refractivity contribution < 1.29 is 14.4 Å². The Balaban J connectivity index is 1.67. The molecule has 3 rings (SSSR count). The number of amides is 3. The molecule has 1 saturated heterocycles. The first-order chi connectivity index (χ1) is 12.1. The van der Waals surface area contributed by atoms with Crippen molar-refractivity contribution in [3.63, 3.8) is 0 Å². The van der Waals surface area contributed by atoms with Gasteiger partial charge in [0, 0.05) is 24.6 Å². The highest BCUT2D eigenvalue weighted by atomic mass is 16.2. The van der Waals surface area contributed by atoms with Crippen LogP contribution in [0.25, 0.3) is 0 Å². The van der Waals surface area contributed by atoms with Crippen molar-refractivity contribution in [2.75, 3.05) is 11.9 Å². The van der Waals surface area contributed by atoms with Crippen molar-refractivity contribution in [3.05, 3.63) is 29.3 Å². The van der Waals surface area contributed by atoms with Crippen LogP contribution in [-0.4, -0.2) is 29.2 Å². The van der Waals surface area contributed by atoms with E-state index in [2.05, 4.69) is 5.32 Å². The summed E-state index contributed by atoms with van der Waals surface area (Å²) >= 11 is 0. The second-order valence-corrected chi connectivity index (χ2v) is 8.56. The maximum Gasteiger partial charge on any atom is 0.235 e. The van der Waals surface area contributed by atoms with Gasteiger partial charge in [0.15, 0.2) is 0 Å². The van der Waals surface area contributed by atoms with Crippen LogP contribution in [0.15, 0.2) is 18.2 Å². The third kappa shape index (κ3) is 2.74. The van der Waals surface area contributed by atoms with Gasteiger partial charge in [-0.2, -0.15) is 0 Å². The fraction of sp³-hybridized carbons (Fsp3) is 0.571. The van der Waals surface area contributed by atoms with E-state index in [1.54, 1.807) is 0 Å². The maximum absolute atomic E-state index is 13.0. The molecule has 2 fully saturated rings. The molecule has 0 radical (unpaired) electrons. The highest BCUT2D eigenvalue weighted by Crippen LogP contribution is 2.60. The van der Waals surface area contributed by atoms with E-state index < -0.39 is 5.41 Å². The Morgan fingerprint density at radius 3 is 2.58 bits per heavy atom. The van der Waals surface area contributed by atoms with Crippen molar-refractivity contribution >= 4 is 23.4 Å². The van der Waals surface area contributed by atoms with E-state index in [1.165, 1.54) is 4.90 Å². The van der Waals surface area contributed by atoms with Crippen LogP contribution in [0.1, 0.15) is 51.2 Å². The van der Waals surface area contributed by atoms with Crippen LogP contribution in [-0.2, 0) is 14.4 Å². The first kappa shape index (κ1) is 18.6. The Morgan fingerprint density at radius 1 is 1.23 bits per heavy atom. The molecule has 5 heteroatoms. The molecule has 2 bridgehead atoms.